The molecule has 2 aromatic rings. The van der Waals surface area contributed by atoms with Gasteiger partial charge in [0, 0.05) is 0 Å². The Bertz CT molecular complexity index is 689. The molecule has 0 spiro atoms. The van der Waals surface area contributed by atoms with Crippen LogP contribution < -0.4 is 9.47 Å². The van der Waals surface area contributed by atoms with E-state index in [-0.39, 0.29) is 11.9 Å². The molecule has 0 N–H and O–H groups in total. The maximum atomic E-state index is 11.7. The molecule has 0 unspecified atom stereocenters. The second-order valence-corrected chi connectivity index (χ2v) is 5.88. The molecular weight excluding hydrogens is 276 g/mol. The van der Waals surface area contributed by atoms with Crippen LogP contribution in [0.15, 0.2) is 42.5 Å². The smallest absolute Gasteiger partial charge is 0.313 e. The van der Waals surface area contributed by atoms with Gasteiger partial charge in [-0.3, -0.25) is 4.79 Å². The number of carbonyl (C=O) groups is 1. The SMILES string of the molecule is CC(C)C(=O)Oc1cccc(-c2ccc3c(c2)OCCC3)c1. The van der Waals surface area contributed by atoms with Crippen LogP contribution in [0.5, 0.6) is 11.5 Å². The fourth-order valence-electron chi connectivity index (χ4n) is 2.49. The van der Waals surface area contributed by atoms with Crippen molar-refractivity contribution in [3.8, 4) is 22.6 Å². The first-order valence-electron chi connectivity index (χ1n) is 7.71. The third-order valence-electron chi connectivity index (χ3n) is 3.77. The lowest BCUT2D eigenvalue weighted by atomic mass is 10.00. The number of ether oxygens (including phenoxy) is 2. The van der Waals surface area contributed by atoms with Crippen molar-refractivity contribution in [2.75, 3.05) is 6.61 Å². The molecule has 0 fully saturated rings. The van der Waals surface area contributed by atoms with Gasteiger partial charge >= 0.3 is 5.97 Å². The minimum Gasteiger partial charge on any atom is -0.493 e. The minimum absolute atomic E-state index is 0.138. The lowest BCUT2D eigenvalue weighted by Crippen LogP contribution is -2.14. The van der Waals surface area contributed by atoms with E-state index in [0.29, 0.717) is 5.75 Å². The van der Waals surface area contributed by atoms with E-state index in [4.69, 9.17) is 9.47 Å². The fraction of sp³-hybridized carbons (Fsp3) is 0.316. The summed E-state index contributed by atoms with van der Waals surface area (Å²) < 4.78 is 11.1. The van der Waals surface area contributed by atoms with Crippen molar-refractivity contribution < 1.29 is 14.3 Å². The Labute approximate surface area is 130 Å². The van der Waals surface area contributed by atoms with Crippen molar-refractivity contribution in [1.29, 1.82) is 0 Å². The van der Waals surface area contributed by atoms with E-state index in [1.54, 1.807) is 6.07 Å². The molecule has 2 aromatic carbocycles. The zero-order valence-corrected chi connectivity index (χ0v) is 13.0. The Morgan fingerprint density at radius 2 is 1.95 bits per heavy atom. The molecule has 3 rings (SSSR count). The molecule has 114 valence electrons. The predicted octanol–water partition coefficient (Wildman–Crippen LogP) is 4.24. The molecule has 0 atom stereocenters. The van der Waals surface area contributed by atoms with Gasteiger partial charge in [0.05, 0.1) is 12.5 Å². The number of fused-ring (bicyclic) bond motifs is 1. The first-order chi connectivity index (χ1) is 10.6. The van der Waals surface area contributed by atoms with Crippen LogP contribution in [0.2, 0.25) is 0 Å². The van der Waals surface area contributed by atoms with E-state index in [9.17, 15) is 4.79 Å². The highest BCUT2D eigenvalue weighted by molar-refractivity contribution is 5.75. The van der Waals surface area contributed by atoms with E-state index in [1.807, 2.05) is 32.0 Å². The number of aryl methyl sites for hydroxylation is 1. The molecule has 3 heteroatoms. The summed E-state index contributed by atoms with van der Waals surface area (Å²) in [6.07, 6.45) is 2.15. The lowest BCUT2D eigenvalue weighted by molar-refractivity contribution is -0.137. The summed E-state index contributed by atoms with van der Waals surface area (Å²) in [5.41, 5.74) is 3.35. The van der Waals surface area contributed by atoms with Crippen LogP contribution >= 0.6 is 0 Å². The first-order valence-corrected chi connectivity index (χ1v) is 7.71. The van der Waals surface area contributed by atoms with Gasteiger partial charge in [0.2, 0.25) is 0 Å². The average molecular weight is 296 g/mol. The van der Waals surface area contributed by atoms with Gasteiger partial charge in [-0.05, 0) is 47.7 Å². The summed E-state index contributed by atoms with van der Waals surface area (Å²) in [7, 11) is 0. The standard InChI is InChI=1S/C19H20O3/c1-13(2)19(20)22-17-7-3-5-15(11-17)16-9-8-14-6-4-10-21-18(14)12-16/h3,5,7-9,11-13H,4,6,10H2,1-2H3. The molecule has 0 amide bonds. The number of esters is 1. The van der Waals surface area contributed by atoms with Crippen LogP contribution in [0.25, 0.3) is 11.1 Å². The van der Waals surface area contributed by atoms with E-state index >= 15 is 0 Å². The number of hydrogen-bond donors (Lipinski definition) is 0. The predicted molar refractivity (Wildman–Crippen MR) is 86.2 cm³/mol. The van der Waals surface area contributed by atoms with Crippen molar-refractivity contribution in [2.24, 2.45) is 5.92 Å². The Morgan fingerprint density at radius 3 is 2.77 bits per heavy atom. The Hall–Kier alpha value is -2.29. The number of hydrogen-bond acceptors (Lipinski definition) is 3. The van der Waals surface area contributed by atoms with Gasteiger partial charge in [0.1, 0.15) is 11.5 Å². The van der Waals surface area contributed by atoms with E-state index < -0.39 is 0 Å². The summed E-state index contributed by atoms with van der Waals surface area (Å²) in [5.74, 6) is 1.19. The molecule has 0 radical (unpaired) electrons. The molecule has 0 bridgehead atoms. The molecule has 1 aliphatic heterocycles. The quantitative estimate of drug-likeness (QED) is 0.628. The molecule has 0 aliphatic carbocycles. The van der Waals surface area contributed by atoms with Crippen LogP contribution in [0.4, 0.5) is 0 Å². The molecule has 3 nitrogen and oxygen atoms in total. The second-order valence-electron chi connectivity index (χ2n) is 5.88. The zero-order valence-electron chi connectivity index (χ0n) is 13.0. The topological polar surface area (TPSA) is 35.5 Å². The zero-order chi connectivity index (χ0) is 15.5. The number of benzene rings is 2. The van der Waals surface area contributed by atoms with Crippen molar-refractivity contribution >= 4 is 5.97 Å². The van der Waals surface area contributed by atoms with Gasteiger partial charge in [-0.25, -0.2) is 0 Å². The maximum Gasteiger partial charge on any atom is 0.313 e. The van der Waals surface area contributed by atoms with Gasteiger partial charge in [-0.1, -0.05) is 38.1 Å². The minimum atomic E-state index is -0.217. The van der Waals surface area contributed by atoms with Gasteiger partial charge in [0.25, 0.3) is 0 Å². The monoisotopic (exact) mass is 296 g/mol. The van der Waals surface area contributed by atoms with E-state index in [2.05, 4.69) is 18.2 Å². The lowest BCUT2D eigenvalue weighted by Gasteiger charge is -2.18. The molecule has 22 heavy (non-hydrogen) atoms. The van der Waals surface area contributed by atoms with E-state index in [0.717, 1.165) is 36.3 Å². The van der Waals surface area contributed by atoms with Crippen LogP contribution in [0.1, 0.15) is 25.8 Å². The number of rotatable bonds is 3. The largest absolute Gasteiger partial charge is 0.493 e. The highest BCUT2D eigenvalue weighted by Crippen LogP contribution is 2.32. The van der Waals surface area contributed by atoms with Crippen LogP contribution in [0.3, 0.4) is 0 Å². The normalized spacial score (nSPS) is 13.4. The van der Waals surface area contributed by atoms with Crippen molar-refractivity contribution in [3.63, 3.8) is 0 Å². The molecule has 0 saturated carbocycles. The summed E-state index contributed by atoms with van der Waals surface area (Å²) in [4.78, 5) is 11.7. The summed E-state index contributed by atoms with van der Waals surface area (Å²) in [6.45, 7) is 4.43. The molecule has 1 heterocycles. The Kier molecular flexibility index (Phi) is 4.14. The van der Waals surface area contributed by atoms with Gasteiger partial charge in [0.15, 0.2) is 0 Å². The molecular formula is C19H20O3. The third kappa shape index (κ3) is 3.14. The van der Waals surface area contributed by atoms with E-state index in [1.165, 1.54) is 5.56 Å². The van der Waals surface area contributed by atoms with Crippen molar-refractivity contribution in [3.05, 3.63) is 48.0 Å². The van der Waals surface area contributed by atoms with Gasteiger partial charge in [-0.2, -0.15) is 0 Å². The molecule has 0 saturated heterocycles. The highest BCUT2D eigenvalue weighted by atomic mass is 16.5. The first kappa shape index (κ1) is 14.6. The fourth-order valence-corrected chi connectivity index (χ4v) is 2.49. The number of carbonyl (C=O) groups excluding carboxylic acids is 1. The summed E-state index contributed by atoms with van der Waals surface area (Å²) in [6, 6.07) is 13.9. The van der Waals surface area contributed by atoms with Crippen molar-refractivity contribution in [2.45, 2.75) is 26.7 Å². The average Bonchev–Trinajstić information content (AvgIpc) is 2.54. The van der Waals surface area contributed by atoms with Crippen LogP contribution in [-0.4, -0.2) is 12.6 Å². The van der Waals surface area contributed by atoms with Crippen molar-refractivity contribution in [1.82, 2.24) is 0 Å². The van der Waals surface area contributed by atoms with Crippen LogP contribution in [-0.2, 0) is 11.2 Å². The third-order valence-corrected chi connectivity index (χ3v) is 3.77. The summed E-state index contributed by atoms with van der Waals surface area (Å²) in [5, 5.41) is 0. The molecule has 1 aliphatic rings. The van der Waals surface area contributed by atoms with Gasteiger partial charge < -0.3 is 9.47 Å². The highest BCUT2D eigenvalue weighted by Gasteiger charge is 2.13. The van der Waals surface area contributed by atoms with Gasteiger partial charge in [-0.15, -0.1) is 0 Å². The maximum absolute atomic E-state index is 11.7. The van der Waals surface area contributed by atoms with Crippen LogP contribution in [0, 0.1) is 5.92 Å². The summed E-state index contributed by atoms with van der Waals surface area (Å²) >= 11 is 0. The Morgan fingerprint density at radius 1 is 1.14 bits per heavy atom. The molecule has 0 aromatic heterocycles. The second kappa shape index (κ2) is 6.22. The Balaban J connectivity index is 1.87.